The number of carbonyl (C=O) groups excluding carboxylic acids is 1. The number of guanidine groups is 1. The van der Waals surface area contributed by atoms with Crippen LogP contribution in [-0.2, 0) is 4.79 Å². The van der Waals surface area contributed by atoms with Gasteiger partial charge in [-0.1, -0.05) is 0 Å². The summed E-state index contributed by atoms with van der Waals surface area (Å²) in [6, 6.07) is -0.269. The molecule has 0 fully saturated rings. The van der Waals surface area contributed by atoms with Crippen LogP contribution in [0.25, 0.3) is 0 Å². The Morgan fingerprint density at radius 3 is 2.68 bits per heavy atom. The Hall–Kier alpha value is -1.85. The average Bonchev–Trinajstić information content (AvgIpc) is 2.81. The van der Waals surface area contributed by atoms with Crippen LogP contribution in [0.15, 0.2) is 17.5 Å². The number of hydrogen-bond acceptors (Lipinski definition) is 4. The Kier molecular flexibility index (Phi) is 3.34. The first kappa shape index (κ1) is 13.6. The van der Waals surface area contributed by atoms with Crippen LogP contribution in [-0.4, -0.2) is 27.0 Å². The van der Waals surface area contributed by atoms with E-state index >= 15 is 0 Å². The second-order valence-electron chi connectivity index (χ2n) is 6.06. The minimum absolute atomic E-state index is 0.117. The topological polar surface area (TPSA) is 71.3 Å². The highest BCUT2D eigenvalue weighted by Crippen LogP contribution is 2.23. The molecule has 6 nitrogen and oxygen atoms in total. The second-order valence-corrected chi connectivity index (χ2v) is 6.06. The third-order valence-electron chi connectivity index (χ3n) is 2.77. The first-order valence-corrected chi connectivity index (χ1v) is 6.46. The lowest BCUT2D eigenvalue weighted by Gasteiger charge is -2.21. The summed E-state index contributed by atoms with van der Waals surface area (Å²) in [6.07, 6.45) is 3.44. The maximum atomic E-state index is 12.0. The van der Waals surface area contributed by atoms with Crippen LogP contribution in [0.2, 0.25) is 0 Å². The maximum Gasteiger partial charge on any atom is 0.257 e. The van der Waals surface area contributed by atoms with Crippen LogP contribution in [0.5, 0.6) is 0 Å². The van der Waals surface area contributed by atoms with Gasteiger partial charge >= 0.3 is 0 Å². The number of hydrogen-bond donors (Lipinski definition) is 2. The number of nitrogens with one attached hydrogen (secondary N) is 2. The fraction of sp³-hybridized carbons (Fsp3) is 0.615. The zero-order chi connectivity index (χ0) is 14.2. The summed E-state index contributed by atoms with van der Waals surface area (Å²) >= 11 is 0. The van der Waals surface area contributed by atoms with Gasteiger partial charge in [-0.3, -0.25) is 10.1 Å². The highest BCUT2D eigenvalue weighted by atomic mass is 16.2. The lowest BCUT2D eigenvalue weighted by atomic mass is 10.1. The summed E-state index contributed by atoms with van der Waals surface area (Å²) in [5.74, 6) is 0.410. The van der Waals surface area contributed by atoms with Gasteiger partial charge in [0, 0.05) is 11.6 Å². The van der Waals surface area contributed by atoms with Crippen molar-refractivity contribution in [3.05, 3.63) is 18.2 Å². The van der Waals surface area contributed by atoms with Crippen molar-refractivity contribution >= 4 is 11.9 Å². The van der Waals surface area contributed by atoms with Crippen LogP contribution in [0.1, 0.15) is 52.4 Å². The first-order chi connectivity index (χ1) is 8.78. The molecule has 1 amide bonds. The van der Waals surface area contributed by atoms with Crippen molar-refractivity contribution in [2.45, 2.75) is 52.2 Å². The third-order valence-corrected chi connectivity index (χ3v) is 2.77. The molecule has 19 heavy (non-hydrogen) atoms. The quantitative estimate of drug-likeness (QED) is 0.846. The van der Waals surface area contributed by atoms with E-state index in [2.05, 4.69) is 34.5 Å². The van der Waals surface area contributed by atoms with E-state index in [9.17, 15) is 4.79 Å². The summed E-state index contributed by atoms with van der Waals surface area (Å²) in [5, 5.41) is 5.95. The van der Waals surface area contributed by atoms with Gasteiger partial charge in [-0.25, -0.2) is 9.98 Å². The average molecular weight is 263 g/mol. The van der Waals surface area contributed by atoms with Crippen LogP contribution < -0.4 is 10.6 Å². The van der Waals surface area contributed by atoms with Gasteiger partial charge in [-0.05, 0) is 34.6 Å². The zero-order valence-corrected chi connectivity index (χ0v) is 12.1. The molecule has 1 aromatic heterocycles. The SMILES string of the molecule is CC(C)n1cncc1C1N=C(NC(C)(C)C)NC1=O. The number of imidazole rings is 1. The third kappa shape index (κ3) is 2.94. The Morgan fingerprint density at radius 2 is 2.11 bits per heavy atom. The molecule has 0 aromatic carbocycles. The molecule has 104 valence electrons. The van der Waals surface area contributed by atoms with Gasteiger partial charge in [-0.2, -0.15) is 0 Å². The van der Waals surface area contributed by atoms with Crippen molar-refractivity contribution in [1.82, 2.24) is 20.2 Å². The Bertz CT molecular complexity index is 509. The van der Waals surface area contributed by atoms with Crippen molar-refractivity contribution in [1.29, 1.82) is 0 Å². The predicted octanol–water partition coefficient (Wildman–Crippen LogP) is 1.38. The van der Waals surface area contributed by atoms with E-state index < -0.39 is 6.04 Å². The lowest BCUT2D eigenvalue weighted by molar-refractivity contribution is -0.120. The molecule has 2 heterocycles. The molecule has 0 saturated heterocycles. The van der Waals surface area contributed by atoms with Crippen molar-refractivity contribution in [3.63, 3.8) is 0 Å². The van der Waals surface area contributed by atoms with Gasteiger partial charge in [0.2, 0.25) is 0 Å². The summed E-state index contributed by atoms with van der Waals surface area (Å²) in [6.45, 7) is 10.2. The van der Waals surface area contributed by atoms with E-state index in [1.807, 2.05) is 25.3 Å². The summed E-state index contributed by atoms with van der Waals surface area (Å²) in [4.78, 5) is 20.6. The molecule has 0 radical (unpaired) electrons. The number of nitrogens with zero attached hydrogens (tertiary/aromatic N) is 3. The second kappa shape index (κ2) is 4.68. The van der Waals surface area contributed by atoms with Crippen LogP contribution in [0, 0.1) is 0 Å². The van der Waals surface area contributed by atoms with Gasteiger partial charge in [0.05, 0.1) is 18.2 Å². The number of rotatable bonds is 2. The van der Waals surface area contributed by atoms with Crippen molar-refractivity contribution in [2.75, 3.05) is 0 Å². The van der Waals surface area contributed by atoms with Gasteiger partial charge in [-0.15, -0.1) is 0 Å². The summed E-state index contributed by atoms with van der Waals surface area (Å²) in [5.41, 5.74) is 0.678. The standard InChI is InChI=1S/C13H21N5O/c1-8(2)18-7-14-6-9(18)10-11(19)16-12(15-10)17-13(3,4)5/h6-8,10H,1-5H3,(H2,15,16,17,19). The van der Waals surface area contributed by atoms with Crippen molar-refractivity contribution < 1.29 is 4.79 Å². The Morgan fingerprint density at radius 1 is 1.42 bits per heavy atom. The molecule has 0 spiro atoms. The van der Waals surface area contributed by atoms with Gasteiger partial charge in [0.1, 0.15) is 0 Å². The Labute approximate surface area is 113 Å². The maximum absolute atomic E-state index is 12.0. The molecule has 1 aromatic rings. The highest BCUT2D eigenvalue weighted by molar-refractivity contribution is 6.05. The molecular formula is C13H21N5O. The van der Waals surface area contributed by atoms with Crippen molar-refractivity contribution in [2.24, 2.45) is 4.99 Å². The molecule has 2 N–H and O–H groups in total. The van der Waals surface area contributed by atoms with E-state index in [0.717, 1.165) is 5.69 Å². The summed E-state index contributed by atoms with van der Waals surface area (Å²) < 4.78 is 1.97. The number of amides is 1. The van der Waals surface area contributed by atoms with E-state index in [1.165, 1.54) is 0 Å². The van der Waals surface area contributed by atoms with E-state index in [4.69, 9.17) is 0 Å². The van der Waals surface area contributed by atoms with Crippen molar-refractivity contribution in [3.8, 4) is 0 Å². The molecule has 2 rings (SSSR count). The van der Waals surface area contributed by atoms with E-state index in [0.29, 0.717) is 5.96 Å². The molecular weight excluding hydrogens is 242 g/mol. The minimum atomic E-state index is -0.519. The molecule has 0 aliphatic carbocycles. The smallest absolute Gasteiger partial charge is 0.257 e. The molecule has 1 aliphatic rings. The number of aromatic nitrogens is 2. The monoisotopic (exact) mass is 263 g/mol. The fourth-order valence-corrected chi connectivity index (χ4v) is 1.98. The molecule has 1 unspecified atom stereocenters. The van der Waals surface area contributed by atoms with E-state index in [-0.39, 0.29) is 17.5 Å². The van der Waals surface area contributed by atoms with Gasteiger partial charge < -0.3 is 9.88 Å². The normalized spacial score (nSPS) is 19.6. The van der Waals surface area contributed by atoms with Crippen LogP contribution >= 0.6 is 0 Å². The Balaban J connectivity index is 2.25. The van der Waals surface area contributed by atoms with Crippen LogP contribution in [0.3, 0.4) is 0 Å². The number of aliphatic imine (C=N–C) groups is 1. The molecule has 1 atom stereocenters. The minimum Gasteiger partial charge on any atom is -0.351 e. The molecule has 0 bridgehead atoms. The molecule has 1 aliphatic heterocycles. The highest BCUT2D eigenvalue weighted by Gasteiger charge is 2.32. The molecule has 0 saturated carbocycles. The fourth-order valence-electron chi connectivity index (χ4n) is 1.98. The van der Waals surface area contributed by atoms with Crippen LogP contribution in [0.4, 0.5) is 0 Å². The number of carbonyl (C=O) groups is 1. The largest absolute Gasteiger partial charge is 0.351 e. The zero-order valence-electron chi connectivity index (χ0n) is 12.1. The van der Waals surface area contributed by atoms with E-state index in [1.54, 1.807) is 12.5 Å². The lowest BCUT2D eigenvalue weighted by Crippen LogP contribution is -2.46. The molecule has 6 heteroatoms. The van der Waals surface area contributed by atoms with Gasteiger partial charge in [0.15, 0.2) is 12.0 Å². The summed E-state index contributed by atoms with van der Waals surface area (Å²) in [7, 11) is 0. The first-order valence-electron chi connectivity index (χ1n) is 6.46. The predicted molar refractivity (Wildman–Crippen MR) is 73.8 cm³/mol. The van der Waals surface area contributed by atoms with Gasteiger partial charge in [0.25, 0.3) is 5.91 Å².